The first-order valence-corrected chi connectivity index (χ1v) is 7.23. The Balaban J connectivity index is 3.11. The van der Waals surface area contributed by atoms with Crippen LogP contribution in [0.4, 0.5) is 0 Å². The first-order valence-electron chi connectivity index (χ1n) is 7.23. The van der Waals surface area contributed by atoms with Crippen molar-refractivity contribution in [1.82, 2.24) is 5.32 Å². The van der Waals surface area contributed by atoms with Crippen LogP contribution in [-0.2, 0) is 9.47 Å². The summed E-state index contributed by atoms with van der Waals surface area (Å²) in [5.74, 6) is 0. The van der Waals surface area contributed by atoms with Crippen molar-refractivity contribution in [2.75, 3.05) is 33.0 Å². The molecule has 0 aromatic carbocycles. The number of unbranched alkanes of at least 4 members (excludes halogenated alkanes) is 1. The smallest absolute Gasteiger partial charge is 0.0700 e. The molecule has 0 bridgehead atoms. The van der Waals surface area contributed by atoms with Crippen molar-refractivity contribution in [1.29, 1.82) is 0 Å². The van der Waals surface area contributed by atoms with Crippen molar-refractivity contribution in [2.24, 2.45) is 0 Å². The summed E-state index contributed by atoms with van der Waals surface area (Å²) in [7, 11) is 0. The second-order valence-corrected chi connectivity index (χ2v) is 4.38. The molecule has 0 radical (unpaired) electrons. The van der Waals surface area contributed by atoms with Gasteiger partial charge in [0.1, 0.15) is 0 Å². The topological polar surface area (TPSA) is 30.5 Å². The molecule has 104 valence electrons. The van der Waals surface area contributed by atoms with Gasteiger partial charge in [0.25, 0.3) is 0 Å². The zero-order chi connectivity index (χ0) is 12.8. The van der Waals surface area contributed by atoms with Crippen molar-refractivity contribution < 1.29 is 9.47 Å². The molecule has 0 aliphatic carbocycles. The van der Waals surface area contributed by atoms with Gasteiger partial charge in [-0.1, -0.05) is 27.2 Å². The van der Waals surface area contributed by atoms with Crippen LogP contribution in [-0.4, -0.2) is 39.0 Å². The maximum absolute atomic E-state index is 5.53. The van der Waals surface area contributed by atoms with Gasteiger partial charge in [-0.25, -0.2) is 0 Å². The second-order valence-electron chi connectivity index (χ2n) is 4.38. The van der Waals surface area contributed by atoms with E-state index in [4.69, 9.17) is 9.47 Å². The average molecular weight is 245 g/mol. The highest BCUT2D eigenvalue weighted by atomic mass is 16.5. The Morgan fingerprint density at radius 2 is 1.53 bits per heavy atom. The summed E-state index contributed by atoms with van der Waals surface area (Å²) in [6.45, 7) is 10.8. The van der Waals surface area contributed by atoms with Gasteiger partial charge in [0, 0.05) is 19.3 Å². The third-order valence-electron chi connectivity index (χ3n) is 2.84. The quantitative estimate of drug-likeness (QED) is 0.506. The summed E-state index contributed by atoms with van der Waals surface area (Å²) in [5, 5.41) is 3.48. The molecule has 17 heavy (non-hydrogen) atoms. The van der Waals surface area contributed by atoms with Gasteiger partial charge in [0.15, 0.2) is 0 Å². The number of nitrogens with one attached hydrogen (secondary N) is 1. The van der Waals surface area contributed by atoms with E-state index in [9.17, 15) is 0 Å². The molecule has 1 atom stereocenters. The molecule has 0 amide bonds. The Labute approximate surface area is 107 Å². The van der Waals surface area contributed by atoms with Gasteiger partial charge in [-0.05, 0) is 32.2 Å². The molecule has 0 saturated carbocycles. The van der Waals surface area contributed by atoms with Gasteiger partial charge in [0.05, 0.1) is 13.2 Å². The maximum atomic E-state index is 5.53. The van der Waals surface area contributed by atoms with Crippen LogP contribution in [0.1, 0.15) is 52.9 Å². The Morgan fingerprint density at radius 3 is 2.06 bits per heavy atom. The highest BCUT2D eigenvalue weighted by Gasteiger charge is 2.02. The molecule has 0 saturated heterocycles. The number of rotatable bonds is 13. The van der Waals surface area contributed by atoms with E-state index in [0.29, 0.717) is 6.04 Å². The lowest BCUT2D eigenvalue weighted by Crippen LogP contribution is -2.28. The lowest BCUT2D eigenvalue weighted by atomic mass is 10.1. The summed E-state index contributed by atoms with van der Waals surface area (Å²) < 4.78 is 11.0. The van der Waals surface area contributed by atoms with Crippen LogP contribution < -0.4 is 5.32 Å². The monoisotopic (exact) mass is 245 g/mol. The van der Waals surface area contributed by atoms with E-state index < -0.39 is 0 Å². The summed E-state index contributed by atoms with van der Waals surface area (Å²) in [4.78, 5) is 0. The largest absolute Gasteiger partial charge is 0.379 e. The van der Waals surface area contributed by atoms with Crippen molar-refractivity contribution in [2.45, 2.75) is 58.9 Å². The fourth-order valence-corrected chi connectivity index (χ4v) is 1.74. The molecule has 1 N–H and O–H groups in total. The van der Waals surface area contributed by atoms with Gasteiger partial charge in [-0.3, -0.25) is 0 Å². The first-order chi connectivity index (χ1) is 8.35. The standard InChI is InChI=1S/C14H31NO2/c1-4-7-10-16-12-13-17-11-8-9-14(5-2)15-6-3/h14-15H,4-13H2,1-3H3. The minimum atomic E-state index is 0.657. The lowest BCUT2D eigenvalue weighted by Gasteiger charge is -2.15. The Hall–Kier alpha value is -0.120. The highest BCUT2D eigenvalue weighted by Crippen LogP contribution is 2.01. The number of hydrogen-bond acceptors (Lipinski definition) is 3. The van der Waals surface area contributed by atoms with Crippen molar-refractivity contribution in [3.8, 4) is 0 Å². The minimum absolute atomic E-state index is 0.657. The van der Waals surface area contributed by atoms with Crippen molar-refractivity contribution in [3.05, 3.63) is 0 Å². The molecule has 3 nitrogen and oxygen atoms in total. The fraction of sp³-hybridized carbons (Fsp3) is 1.00. The lowest BCUT2D eigenvalue weighted by molar-refractivity contribution is 0.0447. The molecule has 0 fully saturated rings. The Morgan fingerprint density at radius 1 is 0.882 bits per heavy atom. The van der Waals surface area contributed by atoms with E-state index in [1.54, 1.807) is 0 Å². The van der Waals surface area contributed by atoms with Gasteiger partial charge >= 0.3 is 0 Å². The minimum Gasteiger partial charge on any atom is -0.379 e. The average Bonchev–Trinajstić information content (AvgIpc) is 2.35. The van der Waals surface area contributed by atoms with Crippen LogP contribution >= 0.6 is 0 Å². The summed E-state index contributed by atoms with van der Waals surface area (Å²) in [5.41, 5.74) is 0. The van der Waals surface area contributed by atoms with E-state index in [2.05, 4.69) is 26.1 Å². The predicted octanol–water partition coefficient (Wildman–Crippen LogP) is 2.99. The molecule has 0 rings (SSSR count). The third-order valence-corrected chi connectivity index (χ3v) is 2.84. The third kappa shape index (κ3) is 12.1. The molecule has 0 aromatic rings. The van der Waals surface area contributed by atoms with E-state index in [0.717, 1.165) is 45.8 Å². The molecule has 0 aliphatic rings. The van der Waals surface area contributed by atoms with Crippen LogP contribution in [0.15, 0.2) is 0 Å². The molecule has 0 spiro atoms. The van der Waals surface area contributed by atoms with Crippen LogP contribution in [0.25, 0.3) is 0 Å². The first kappa shape index (κ1) is 16.9. The summed E-state index contributed by atoms with van der Waals surface area (Å²) in [6.07, 6.45) is 5.90. The van der Waals surface area contributed by atoms with Gasteiger partial charge < -0.3 is 14.8 Å². The summed E-state index contributed by atoms with van der Waals surface area (Å²) in [6, 6.07) is 0.657. The van der Waals surface area contributed by atoms with Crippen molar-refractivity contribution >= 4 is 0 Å². The highest BCUT2D eigenvalue weighted by molar-refractivity contribution is 4.62. The van der Waals surface area contributed by atoms with Crippen LogP contribution in [0.3, 0.4) is 0 Å². The summed E-state index contributed by atoms with van der Waals surface area (Å²) >= 11 is 0. The SMILES string of the molecule is CCCCOCCOCCCC(CC)NCC. The van der Waals surface area contributed by atoms with E-state index in [1.807, 2.05) is 0 Å². The van der Waals surface area contributed by atoms with Gasteiger partial charge in [-0.2, -0.15) is 0 Å². The molecule has 1 unspecified atom stereocenters. The predicted molar refractivity (Wildman–Crippen MR) is 73.5 cm³/mol. The van der Waals surface area contributed by atoms with Crippen molar-refractivity contribution in [3.63, 3.8) is 0 Å². The molecule has 0 aromatic heterocycles. The molecular weight excluding hydrogens is 214 g/mol. The Kier molecular flexibility index (Phi) is 13.8. The normalized spacial score (nSPS) is 12.9. The number of hydrogen-bond donors (Lipinski definition) is 1. The maximum Gasteiger partial charge on any atom is 0.0700 e. The molecular formula is C14H31NO2. The van der Waals surface area contributed by atoms with Crippen LogP contribution in [0.2, 0.25) is 0 Å². The van der Waals surface area contributed by atoms with Crippen LogP contribution in [0.5, 0.6) is 0 Å². The number of ether oxygens (including phenoxy) is 2. The second kappa shape index (κ2) is 13.9. The van der Waals surface area contributed by atoms with E-state index in [1.165, 1.54) is 19.3 Å². The van der Waals surface area contributed by atoms with E-state index in [-0.39, 0.29) is 0 Å². The van der Waals surface area contributed by atoms with E-state index >= 15 is 0 Å². The van der Waals surface area contributed by atoms with Gasteiger partial charge in [0.2, 0.25) is 0 Å². The fourth-order valence-electron chi connectivity index (χ4n) is 1.74. The van der Waals surface area contributed by atoms with Gasteiger partial charge in [-0.15, -0.1) is 0 Å². The molecule has 0 heterocycles. The molecule has 3 heteroatoms. The van der Waals surface area contributed by atoms with Crippen LogP contribution in [0, 0.1) is 0 Å². The zero-order valence-electron chi connectivity index (χ0n) is 12.0. The zero-order valence-corrected chi connectivity index (χ0v) is 12.0. The molecule has 0 aliphatic heterocycles. The Bertz CT molecular complexity index is 142.